The molecule has 0 aliphatic carbocycles. The number of benzene rings is 1. The van der Waals surface area contributed by atoms with Crippen LogP contribution in [0.4, 0.5) is 9.52 Å². The van der Waals surface area contributed by atoms with E-state index in [1.807, 2.05) is 18.4 Å². The second-order valence-corrected chi connectivity index (χ2v) is 7.79. The van der Waals surface area contributed by atoms with Gasteiger partial charge in [-0.3, -0.25) is 14.9 Å². The van der Waals surface area contributed by atoms with Crippen molar-refractivity contribution in [2.75, 3.05) is 12.4 Å². The second kappa shape index (κ2) is 8.41. The van der Waals surface area contributed by atoms with Gasteiger partial charge in [0.05, 0.1) is 23.0 Å². The third-order valence-electron chi connectivity index (χ3n) is 4.18. The summed E-state index contributed by atoms with van der Waals surface area (Å²) in [6.07, 6.45) is 0.132. The number of carbonyl (C=O) groups is 2. The van der Waals surface area contributed by atoms with E-state index < -0.39 is 0 Å². The van der Waals surface area contributed by atoms with E-state index in [0.717, 1.165) is 5.56 Å². The molecule has 1 unspecified atom stereocenters. The monoisotopic (exact) mass is 403 g/mol. The van der Waals surface area contributed by atoms with Crippen LogP contribution in [0.1, 0.15) is 33.9 Å². The average molecular weight is 404 g/mol. The summed E-state index contributed by atoms with van der Waals surface area (Å²) in [6, 6.07) is 9.47. The first-order valence-corrected chi connectivity index (χ1v) is 10.0. The van der Waals surface area contributed by atoms with Gasteiger partial charge in [0.1, 0.15) is 5.82 Å². The Morgan fingerprint density at radius 2 is 1.96 bits per heavy atom. The Morgan fingerprint density at radius 1 is 1.22 bits per heavy atom. The standard InChI is InChI=1S/C19H18FN3O2S2/c1-12(13-5-7-14(20)8-6-13)23(2)17(24)10-15-11-27-19(21-15)22-18(25)16-4-3-9-26-16/h3-9,11-12H,10H2,1-2H3,(H,21,22,25). The Balaban J connectivity index is 1.59. The maximum Gasteiger partial charge on any atom is 0.267 e. The molecule has 0 aliphatic rings. The number of carbonyl (C=O) groups excluding carboxylic acids is 2. The first kappa shape index (κ1) is 19.2. The maximum atomic E-state index is 13.1. The van der Waals surface area contributed by atoms with Crippen molar-refractivity contribution in [1.29, 1.82) is 0 Å². The minimum absolute atomic E-state index is 0.103. The number of hydrogen-bond acceptors (Lipinski definition) is 5. The third-order valence-corrected chi connectivity index (χ3v) is 5.85. The molecule has 0 saturated heterocycles. The number of hydrogen-bond donors (Lipinski definition) is 1. The van der Waals surface area contributed by atoms with Crippen LogP contribution < -0.4 is 5.32 Å². The number of rotatable bonds is 6. The predicted molar refractivity (Wildman–Crippen MR) is 106 cm³/mol. The Morgan fingerprint density at radius 3 is 2.63 bits per heavy atom. The van der Waals surface area contributed by atoms with Crippen LogP contribution in [0.3, 0.4) is 0 Å². The normalized spacial score (nSPS) is 11.8. The fraction of sp³-hybridized carbons (Fsp3) is 0.211. The van der Waals surface area contributed by atoms with Gasteiger partial charge in [-0.15, -0.1) is 22.7 Å². The lowest BCUT2D eigenvalue weighted by atomic mass is 10.1. The number of likely N-dealkylation sites (N-methyl/N-ethyl adjacent to an activating group) is 1. The zero-order chi connectivity index (χ0) is 19.4. The molecule has 27 heavy (non-hydrogen) atoms. The quantitative estimate of drug-likeness (QED) is 0.665. The molecule has 8 heteroatoms. The van der Waals surface area contributed by atoms with Crippen molar-refractivity contribution in [3.8, 4) is 0 Å². The number of halogens is 1. The Labute approximate surface area is 164 Å². The Bertz CT molecular complexity index is 923. The van der Waals surface area contributed by atoms with Crippen LogP contribution in [0.5, 0.6) is 0 Å². The summed E-state index contributed by atoms with van der Waals surface area (Å²) in [5.74, 6) is -0.618. The van der Waals surface area contributed by atoms with Crippen molar-refractivity contribution >= 4 is 39.6 Å². The van der Waals surface area contributed by atoms with Gasteiger partial charge in [-0.05, 0) is 36.1 Å². The van der Waals surface area contributed by atoms with Crippen LogP contribution in [0.2, 0.25) is 0 Å². The number of thiophene rings is 1. The molecule has 2 amide bonds. The molecule has 0 spiro atoms. The Hall–Kier alpha value is -2.58. The molecule has 0 aliphatic heterocycles. The van der Waals surface area contributed by atoms with E-state index in [1.165, 1.54) is 34.8 Å². The smallest absolute Gasteiger partial charge is 0.267 e. The van der Waals surface area contributed by atoms with Crippen LogP contribution in [0, 0.1) is 5.82 Å². The van der Waals surface area contributed by atoms with Crippen molar-refractivity contribution in [2.24, 2.45) is 0 Å². The van der Waals surface area contributed by atoms with Gasteiger partial charge in [-0.1, -0.05) is 18.2 Å². The van der Waals surface area contributed by atoms with E-state index in [9.17, 15) is 14.0 Å². The van der Waals surface area contributed by atoms with Gasteiger partial charge in [0.25, 0.3) is 5.91 Å². The topological polar surface area (TPSA) is 62.3 Å². The summed E-state index contributed by atoms with van der Waals surface area (Å²) in [6.45, 7) is 1.89. The largest absolute Gasteiger partial charge is 0.339 e. The summed E-state index contributed by atoms with van der Waals surface area (Å²) < 4.78 is 13.1. The van der Waals surface area contributed by atoms with Gasteiger partial charge >= 0.3 is 0 Å². The molecule has 2 heterocycles. The van der Waals surface area contributed by atoms with E-state index in [1.54, 1.807) is 35.5 Å². The number of nitrogens with zero attached hydrogens (tertiary/aromatic N) is 2. The number of amides is 2. The van der Waals surface area contributed by atoms with E-state index in [0.29, 0.717) is 15.7 Å². The van der Waals surface area contributed by atoms with E-state index in [2.05, 4.69) is 10.3 Å². The van der Waals surface area contributed by atoms with Gasteiger partial charge in [-0.25, -0.2) is 9.37 Å². The third kappa shape index (κ3) is 4.78. The summed E-state index contributed by atoms with van der Waals surface area (Å²) in [4.78, 5) is 31.1. The molecular weight excluding hydrogens is 385 g/mol. The fourth-order valence-electron chi connectivity index (χ4n) is 2.47. The molecule has 1 aromatic carbocycles. The van der Waals surface area contributed by atoms with Gasteiger partial charge < -0.3 is 4.90 Å². The number of nitrogens with one attached hydrogen (secondary N) is 1. The molecule has 3 aromatic rings. The number of thiazole rings is 1. The number of aromatic nitrogens is 1. The van der Waals surface area contributed by atoms with Crippen LogP contribution in [0.15, 0.2) is 47.2 Å². The molecule has 140 valence electrons. The Kier molecular flexibility index (Phi) is 5.98. The van der Waals surface area contributed by atoms with Crippen molar-refractivity contribution in [1.82, 2.24) is 9.88 Å². The van der Waals surface area contributed by atoms with Crippen molar-refractivity contribution in [3.63, 3.8) is 0 Å². The van der Waals surface area contributed by atoms with Crippen LogP contribution in [0.25, 0.3) is 0 Å². The van der Waals surface area contributed by atoms with Crippen LogP contribution >= 0.6 is 22.7 Å². The zero-order valence-corrected chi connectivity index (χ0v) is 16.4. The summed E-state index contributed by atoms with van der Waals surface area (Å²) in [7, 11) is 1.71. The SMILES string of the molecule is CC(c1ccc(F)cc1)N(C)C(=O)Cc1csc(NC(=O)c2cccs2)n1. The molecule has 5 nitrogen and oxygen atoms in total. The lowest BCUT2D eigenvalue weighted by Gasteiger charge is -2.25. The average Bonchev–Trinajstić information content (AvgIpc) is 3.33. The molecule has 0 saturated carbocycles. The minimum atomic E-state index is -0.306. The van der Waals surface area contributed by atoms with E-state index in [4.69, 9.17) is 0 Å². The molecule has 1 atom stereocenters. The first-order valence-electron chi connectivity index (χ1n) is 8.24. The second-order valence-electron chi connectivity index (χ2n) is 5.98. The molecule has 0 fully saturated rings. The molecular formula is C19H18FN3O2S2. The van der Waals surface area contributed by atoms with Gasteiger partial charge in [0.15, 0.2) is 5.13 Å². The highest BCUT2D eigenvalue weighted by molar-refractivity contribution is 7.14. The molecule has 0 bridgehead atoms. The molecule has 3 rings (SSSR count). The lowest BCUT2D eigenvalue weighted by molar-refractivity contribution is -0.131. The van der Waals surface area contributed by atoms with Gasteiger partial charge in [0, 0.05) is 12.4 Å². The predicted octanol–water partition coefficient (Wildman–Crippen LogP) is 4.36. The van der Waals surface area contributed by atoms with E-state index >= 15 is 0 Å². The zero-order valence-electron chi connectivity index (χ0n) is 14.8. The maximum absolute atomic E-state index is 13.1. The molecule has 0 radical (unpaired) electrons. The highest BCUT2D eigenvalue weighted by Crippen LogP contribution is 2.22. The first-order chi connectivity index (χ1) is 12.9. The van der Waals surface area contributed by atoms with Crippen molar-refractivity contribution in [3.05, 3.63) is 69.1 Å². The van der Waals surface area contributed by atoms with Gasteiger partial charge in [0.2, 0.25) is 5.91 Å². The highest BCUT2D eigenvalue weighted by Gasteiger charge is 2.19. The van der Waals surface area contributed by atoms with Crippen molar-refractivity contribution < 1.29 is 14.0 Å². The summed E-state index contributed by atoms with van der Waals surface area (Å²) >= 11 is 2.64. The molecule has 2 aromatic heterocycles. The fourth-order valence-corrected chi connectivity index (χ4v) is 3.80. The number of anilines is 1. The van der Waals surface area contributed by atoms with E-state index in [-0.39, 0.29) is 30.1 Å². The minimum Gasteiger partial charge on any atom is -0.339 e. The van der Waals surface area contributed by atoms with Crippen molar-refractivity contribution in [2.45, 2.75) is 19.4 Å². The summed E-state index contributed by atoms with van der Waals surface area (Å²) in [5, 5.41) is 6.80. The highest BCUT2D eigenvalue weighted by atomic mass is 32.1. The van der Waals surface area contributed by atoms with Gasteiger partial charge in [-0.2, -0.15) is 0 Å². The molecule has 1 N–H and O–H groups in total. The summed E-state index contributed by atoms with van der Waals surface area (Å²) in [5.41, 5.74) is 1.46. The lowest BCUT2D eigenvalue weighted by Crippen LogP contribution is -2.31. The van der Waals surface area contributed by atoms with Crippen LogP contribution in [-0.4, -0.2) is 28.7 Å². The van der Waals surface area contributed by atoms with Crippen LogP contribution in [-0.2, 0) is 11.2 Å².